The maximum Gasteiger partial charge on any atom is 0.251 e. The highest BCUT2D eigenvalue weighted by Crippen LogP contribution is 2.14. The Kier molecular flexibility index (Phi) is 5.90. The van der Waals surface area contributed by atoms with Gasteiger partial charge in [0, 0.05) is 56.6 Å². The van der Waals surface area contributed by atoms with Gasteiger partial charge in [-0.2, -0.15) is 0 Å². The standard InChI is InChI=1S/C20H25N5O2/c1-15-5-6-16(21)14-17(15)20(27)23-9-7-19(26)25-12-10-24(11-13-25)18-4-2-3-8-22-18/h2-6,8,14H,7,9-13,21H2,1H3,(H,23,27). The number of carbonyl (C=O) groups is 2. The molecule has 0 saturated carbocycles. The van der Waals surface area contributed by atoms with Crippen molar-refractivity contribution in [2.24, 2.45) is 0 Å². The van der Waals surface area contributed by atoms with Crippen molar-refractivity contribution in [1.29, 1.82) is 0 Å². The highest BCUT2D eigenvalue weighted by Gasteiger charge is 2.21. The third-order valence-corrected chi connectivity index (χ3v) is 4.74. The van der Waals surface area contributed by atoms with Gasteiger partial charge in [-0.15, -0.1) is 0 Å². The van der Waals surface area contributed by atoms with Gasteiger partial charge >= 0.3 is 0 Å². The number of nitrogens with zero attached hydrogens (tertiary/aromatic N) is 3. The number of hydrogen-bond acceptors (Lipinski definition) is 5. The van der Waals surface area contributed by atoms with Crippen LogP contribution in [-0.4, -0.2) is 54.4 Å². The van der Waals surface area contributed by atoms with Gasteiger partial charge in [-0.3, -0.25) is 9.59 Å². The molecule has 3 rings (SSSR count). The fourth-order valence-corrected chi connectivity index (χ4v) is 3.15. The number of nitrogen functional groups attached to an aromatic ring is 1. The SMILES string of the molecule is Cc1ccc(N)cc1C(=O)NCCC(=O)N1CCN(c2ccccn2)CC1. The van der Waals surface area contributed by atoms with Gasteiger partial charge in [-0.1, -0.05) is 12.1 Å². The first-order chi connectivity index (χ1) is 13.0. The Balaban J connectivity index is 1.44. The molecule has 0 atom stereocenters. The van der Waals surface area contributed by atoms with Crippen molar-refractivity contribution in [2.75, 3.05) is 43.4 Å². The third kappa shape index (κ3) is 4.75. The molecule has 7 heteroatoms. The van der Waals surface area contributed by atoms with Crippen LogP contribution in [0, 0.1) is 6.92 Å². The molecule has 1 aliphatic rings. The van der Waals surface area contributed by atoms with E-state index in [2.05, 4.69) is 15.2 Å². The molecular weight excluding hydrogens is 342 g/mol. The lowest BCUT2D eigenvalue weighted by atomic mass is 10.1. The zero-order valence-corrected chi connectivity index (χ0v) is 15.5. The van der Waals surface area contributed by atoms with Crippen LogP contribution in [0.2, 0.25) is 0 Å². The van der Waals surface area contributed by atoms with Gasteiger partial charge in [0.1, 0.15) is 5.82 Å². The van der Waals surface area contributed by atoms with Crippen molar-refractivity contribution in [1.82, 2.24) is 15.2 Å². The topological polar surface area (TPSA) is 91.6 Å². The molecule has 7 nitrogen and oxygen atoms in total. The molecule has 1 fully saturated rings. The monoisotopic (exact) mass is 367 g/mol. The van der Waals surface area contributed by atoms with E-state index in [9.17, 15) is 9.59 Å². The number of pyridine rings is 1. The van der Waals surface area contributed by atoms with Crippen LogP contribution in [0.5, 0.6) is 0 Å². The number of nitrogens with one attached hydrogen (secondary N) is 1. The van der Waals surface area contributed by atoms with Crippen LogP contribution in [0.3, 0.4) is 0 Å². The van der Waals surface area contributed by atoms with Crippen LogP contribution in [0.4, 0.5) is 11.5 Å². The smallest absolute Gasteiger partial charge is 0.251 e. The van der Waals surface area contributed by atoms with Crippen molar-refractivity contribution in [3.8, 4) is 0 Å². The predicted molar refractivity (Wildman–Crippen MR) is 106 cm³/mol. The van der Waals surface area contributed by atoms with E-state index < -0.39 is 0 Å². The van der Waals surface area contributed by atoms with Crippen LogP contribution < -0.4 is 16.0 Å². The van der Waals surface area contributed by atoms with Crippen LogP contribution in [-0.2, 0) is 4.79 Å². The minimum atomic E-state index is -0.201. The van der Waals surface area contributed by atoms with Crippen molar-refractivity contribution in [2.45, 2.75) is 13.3 Å². The summed E-state index contributed by atoms with van der Waals surface area (Å²) in [6.45, 7) is 5.03. The molecule has 0 spiro atoms. The fourth-order valence-electron chi connectivity index (χ4n) is 3.15. The van der Waals surface area contributed by atoms with Crippen LogP contribution in [0.25, 0.3) is 0 Å². The molecule has 0 unspecified atom stereocenters. The molecule has 0 radical (unpaired) electrons. The summed E-state index contributed by atoms with van der Waals surface area (Å²) in [5, 5.41) is 2.81. The summed E-state index contributed by atoms with van der Waals surface area (Å²) in [7, 11) is 0. The molecule has 3 N–H and O–H groups in total. The number of hydrogen-bond donors (Lipinski definition) is 2. The molecule has 1 aromatic heterocycles. The minimum absolute atomic E-state index is 0.0558. The summed E-state index contributed by atoms with van der Waals surface area (Å²) >= 11 is 0. The van der Waals surface area contributed by atoms with Crippen LogP contribution >= 0.6 is 0 Å². The molecule has 142 valence electrons. The molecule has 27 heavy (non-hydrogen) atoms. The molecule has 1 aliphatic heterocycles. The zero-order chi connectivity index (χ0) is 19.2. The summed E-state index contributed by atoms with van der Waals surface area (Å²) in [6, 6.07) is 11.1. The molecule has 2 aromatic rings. The third-order valence-electron chi connectivity index (χ3n) is 4.74. The number of carbonyl (C=O) groups excluding carboxylic acids is 2. The Morgan fingerprint density at radius 1 is 1.15 bits per heavy atom. The maximum absolute atomic E-state index is 12.4. The highest BCUT2D eigenvalue weighted by atomic mass is 16.2. The van der Waals surface area contributed by atoms with Gasteiger partial charge in [0.15, 0.2) is 0 Å². The second-order valence-corrected chi connectivity index (χ2v) is 6.64. The van der Waals surface area contributed by atoms with Gasteiger partial charge in [-0.25, -0.2) is 4.98 Å². The average Bonchev–Trinajstić information content (AvgIpc) is 2.70. The number of piperazine rings is 1. The summed E-state index contributed by atoms with van der Waals surface area (Å²) < 4.78 is 0. The van der Waals surface area contributed by atoms with Crippen molar-refractivity contribution in [3.05, 3.63) is 53.7 Å². The molecule has 0 aliphatic carbocycles. The Bertz CT molecular complexity index is 801. The Hall–Kier alpha value is -3.09. The number of rotatable bonds is 5. The first-order valence-corrected chi connectivity index (χ1v) is 9.12. The van der Waals surface area contributed by atoms with Crippen molar-refractivity contribution < 1.29 is 9.59 Å². The summed E-state index contributed by atoms with van der Waals surface area (Å²) in [4.78, 5) is 33.0. The molecule has 2 amide bonds. The summed E-state index contributed by atoms with van der Waals surface area (Å²) in [6.07, 6.45) is 2.06. The van der Waals surface area contributed by atoms with E-state index in [-0.39, 0.29) is 18.2 Å². The maximum atomic E-state index is 12.4. The van der Waals surface area contributed by atoms with Crippen LogP contribution in [0.15, 0.2) is 42.6 Å². The summed E-state index contributed by atoms with van der Waals surface area (Å²) in [5.74, 6) is 0.794. The van der Waals surface area contributed by atoms with E-state index >= 15 is 0 Å². The molecule has 1 saturated heterocycles. The number of anilines is 2. The quantitative estimate of drug-likeness (QED) is 0.781. The largest absolute Gasteiger partial charge is 0.399 e. The second-order valence-electron chi connectivity index (χ2n) is 6.64. The number of nitrogens with two attached hydrogens (primary N) is 1. The van der Waals surface area contributed by atoms with E-state index in [1.54, 1.807) is 18.3 Å². The lowest BCUT2D eigenvalue weighted by Gasteiger charge is -2.35. The lowest BCUT2D eigenvalue weighted by molar-refractivity contribution is -0.131. The summed E-state index contributed by atoms with van der Waals surface area (Å²) in [5.41, 5.74) is 7.70. The number of benzene rings is 1. The Labute approximate surface area is 159 Å². The Morgan fingerprint density at radius 2 is 1.93 bits per heavy atom. The fraction of sp³-hybridized carbons (Fsp3) is 0.350. The van der Waals surface area contributed by atoms with Gasteiger partial charge in [0.05, 0.1) is 0 Å². The lowest BCUT2D eigenvalue weighted by Crippen LogP contribution is -2.49. The average molecular weight is 367 g/mol. The molecule has 0 bridgehead atoms. The second kappa shape index (κ2) is 8.53. The zero-order valence-electron chi connectivity index (χ0n) is 15.5. The molecule has 1 aromatic carbocycles. The van der Waals surface area contributed by atoms with Crippen molar-refractivity contribution in [3.63, 3.8) is 0 Å². The van der Waals surface area contributed by atoms with E-state index in [1.807, 2.05) is 36.1 Å². The predicted octanol–water partition coefficient (Wildman–Crippen LogP) is 1.44. The van der Waals surface area contributed by atoms with E-state index in [1.165, 1.54) is 0 Å². The number of aromatic nitrogens is 1. The molecule has 2 heterocycles. The van der Waals surface area contributed by atoms with Crippen LogP contribution in [0.1, 0.15) is 22.3 Å². The van der Waals surface area contributed by atoms with Gasteiger partial charge in [0.2, 0.25) is 5.91 Å². The normalized spacial score (nSPS) is 14.1. The first kappa shape index (κ1) is 18.7. The van der Waals surface area contributed by atoms with Gasteiger partial charge in [-0.05, 0) is 36.8 Å². The Morgan fingerprint density at radius 3 is 2.63 bits per heavy atom. The molecular formula is C20H25N5O2. The number of aryl methyl sites for hydroxylation is 1. The first-order valence-electron chi connectivity index (χ1n) is 9.12. The number of amides is 2. The van der Waals surface area contributed by atoms with E-state index in [0.29, 0.717) is 30.9 Å². The van der Waals surface area contributed by atoms with E-state index in [0.717, 1.165) is 24.5 Å². The highest BCUT2D eigenvalue weighted by molar-refractivity contribution is 5.96. The van der Waals surface area contributed by atoms with E-state index in [4.69, 9.17) is 5.73 Å². The van der Waals surface area contributed by atoms with Crippen molar-refractivity contribution >= 4 is 23.3 Å². The van der Waals surface area contributed by atoms with Gasteiger partial charge < -0.3 is 20.9 Å². The van der Waals surface area contributed by atoms with Gasteiger partial charge in [0.25, 0.3) is 5.91 Å². The minimum Gasteiger partial charge on any atom is -0.399 e.